The Hall–Kier alpha value is -2.13. The maximum atomic E-state index is 11.9. The fourth-order valence-corrected chi connectivity index (χ4v) is 2.08. The molecule has 3 nitrogen and oxygen atoms in total. The van der Waals surface area contributed by atoms with Gasteiger partial charge in [-0.15, -0.1) is 0 Å². The molecular weight excluding hydrogens is 248 g/mol. The third kappa shape index (κ3) is 3.93. The molecule has 0 fully saturated rings. The summed E-state index contributed by atoms with van der Waals surface area (Å²) < 4.78 is 0. The van der Waals surface area contributed by atoms with Crippen LogP contribution in [0.25, 0.3) is 0 Å². The quantitative estimate of drug-likeness (QED) is 0.874. The van der Waals surface area contributed by atoms with Crippen molar-refractivity contribution in [1.82, 2.24) is 5.32 Å². The number of amides is 1. The van der Waals surface area contributed by atoms with Crippen LogP contribution in [0.15, 0.2) is 48.5 Å². The summed E-state index contributed by atoms with van der Waals surface area (Å²) in [5.41, 5.74) is 10.1. The van der Waals surface area contributed by atoms with Crippen LogP contribution in [0, 0.1) is 6.92 Å². The van der Waals surface area contributed by atoms with E-state index < -0.39 is 0 Å². The van der Waals surface area contributed by atoms with Crippen LogP contribution in [0.4, 0.5) is 0 Å². The van der Waals surface area contributed by atoms with Gasteiger partial charge in [0, 0.05) is 13.1 Å². The highest BCUT2D eigenvalue weighted by Gasteiger charge is 2.05. The average Bonchev–Trinajstić information content (AvgIpc) is 2.48. The molecule has 1 amide bonds. The number of carbonyl (C=O) groups excluding carboxylic acids is 1. The number of benzene rings is 2. The van der Waals surface area contributed by atoms with E-state index in [1.165, 1.54) is 5.56 Å². The van der Waals surface area contributed by atoms with Gasteiger partial charge in [-0.3, -0.25) is 4.79 Å². The van der Waals surface area contributed by atoms with E-state index in [4.69, 9.17) is 5.73 Å². The topological polar surface area (TPSA) is 55.1 Å². The van der Waals surface area contributed by atoms with Crippen LogP contribution in [0.2, 0.25) is 0 Å². The molecule has 0 atom stereocenters. The Labute approximate surface area is 119 Å². The van der Waals surface area contributed by atoms with Crippen LogP contribution in [0.1, 0.15) is 22.3 Å². The lowest BCUT2D eigenvalue weighted by atomic mass is 10.1. The summed E-state index contributed by atoms with van der Waals surface area (Å²) in [4.78, 5) is 11.9. The lowest BCUT2D eigenvalue weighted by Crippen LogP contribution is -2.25. The largest absolute Gasteiger partial charge is 0.352 e. The van der Waals surface area contributed by atoms with Gasteiger partial charge in [0.05, 0.1) is 6.42 Å². The average molecular weight is 268 g/mol. The zero-order chi connectivity index (χ0) is 14.4. The van der Waals surface area contributed by atoms with Crippen molar-refractivity contribution in [2.24, 2.45) is 5.73 Å². The highest BCUT2D eigenvalue weighted by Crippen LogP contribution is 2.08. The van der Waals surface area contributed by atoms with Gasteiger partial charge >= 0.3 is 0 Å². The summed E-state index contributed by atoms with van der Waals surface area (Å²) in [7, 11) is 0. The first-order chi connectivity index (χ1) is 9.69. The van der Waals surface area contributed by atoms with Crippen molar-refractivity contribution in [2.45, 2.75) is 26.4 Å². The molecule has 3 N–H and O–H groups in total. The first-order valence-corrected chi connectivity index (χ1v) is 6.78. The van der Waals surface area contributed by atoms with Crippen molar-refractivity contribution in [3.05, 3.63) is 70.8 Å². The van der Waals surface area contributed by atoms with E-state index in [-0.39, 0.29) is 5.91 Å². The number of nitrogens with two attached hydrogens (primary N) is 1. The molecule has 0 aliphatic heterocycles. The van der Waals surface area contributed by atoms with Gasteiger partial charge in [-0.2, -0.15) is 0 Å². The van der Waals surface area contributed by atoms with E-state index in [1.54, 1.807) is 0 Å². The highest BCUT2D eigenvalue weighted by atomic mass is 16.1. The first kappa shape index (κ1) is 14.3. The third-order valence-corrected chi connectivity index (χ3v) is 3.30. The highest BCUT2D eigenvalue weighted by molar-refractivity contribution is 5.78. The Balaban J connectivity index is 1.90. The van der Waals surface area contributed by atoms with Gasteiger partial charge in [-0.25, -0.2) is 0 Å². The van der Waals surface area contributed by atoms with Crippen LogP contribution in [-0.4, -0.2) is 5.91 Å². The summed E-state index contributed by atoms with van der Waals surface area (Å²) in [5, 5.41) is 2.94. The maximum Gasteiger partial charge on any atom is 0.224 e. The van der Waals surface area contributed by atoms with Crippen molar-refractivity contribution < 1.29 is 4.79 Å². The summed E-state index contributed by atoms with van der Waals surface area (Å²) in [6.07, 6.45) is 0.408. The number of hydrogen-bond donors (Lipinski definition) is 2. The van der Waals surface area contributed by atoms with E-state index in [0.29, 0.717) is 19.5 Å². The van der Waals surface area contributed by atoms with Crippen LogP contribution < -0.4 is 11.1 Å². The molecule has 2 aromatic rings. The van der Waals surface area contributed by atoms with Crippen molar-refractivity contribution in [1.29, 1.82) is 0 Å². The van der Waals surface area contributed by atoms with Crippen LogP contribution in [0.3, 0.4) is 0 Å². The fourth-order valence-electron chi connectivity index (χ4n) is 2.08. The second-order valence-corrected chi connectivity index (χ2v) is 4.91. The van der Waals surface area contributed by atoms with Crippen LogP contribution in [-0.2, 0) is 24.3 Å². The maximum absolute atomic E-state index is 11.9. The summed E-state index contributed by atoms with van der Waals surface area (Å²) >= 11 is 0. The lowest BCUT2D eigenvalue weighted by molar-refractivity contribution is -0.120. The summed E-state index contributed by atoms with van der Waals surface area (Å²) in [5.74, 6) is 0.0284. The number of hydrogen-bond acceptors (Lipinski definition) is 2. The molecule has 2 aromatic carbocycles. The molecule has 0 heterocycles. The fraction of sp³-hybridized carbons (Fsp3) is 0.235. The van der Waals surface area contributed by atoms with Gasteiger partial charge in [0.15, 0.2) is 0 Å². The number of carbonyl (C=O) groups is 1. The molecule has 0 radical (unpaired) electrons. The van der Waals surface area contributed by atoms with Gasteiger partial charge in [0.2, 0.25) is 5.91 Å². The number of aryl methyl sites for hydroxylation is 1. The summed E-state index contributed by atoms with van der Waals surface area (Å²) in [6, 6.07) is 15.9. The SMILES string of the molecule is Cc1ccc(CC(=O)NCc2ccccc2CN)cc1. The van der Waals surface area contributed by atoms with Gasteiger partial charge in [-0.1, -0.05) is 54.1 Å². The van der Waals surface area contributed by atoms with E-state index >= 15 is 0 Å². The Morgan fingerprint density at radius 2 is 1.70 bits per heavy atom. The molecule has 0 spiro atoms. The Kier molecular flexibility index (Phi) is 4.91. The minimum atomic E-state index is 0.0284. The second kappa shape index (κ2) is 6.87. The molecule has 0 aliphatic carbocycles. The van der Waals surface area contributed by atoms with Crippen LogP contribution in [0.5, 0.6) is 0 Å². The molecule has 0 unspecified atom stereocenters. The minimum Gasteiger partial charge on any atom is -0.352 e. The minimum absolute atomic E-state index is 0.0284. The molecular formula is C17H20N2O. The molecule has 3 heteroatoms. The molecule has 0 bridgehead atoms. The van der Waals surface area contributed by atoms with E-state index in [2.05, 4.69) is 5.32 Å². The molecule has 0 aliphatic rings. The predicted molar refractivity (Wildman–Crippen MR) is 81.1 cm³/mol. The van der Waals surface area contributed by atoms with Gasteiger partial charge < -0.3 is 11.1 Å². The normalized spacial score (nSPS) is 10.3. The predicted octanol–water partition coefficient (Wildman–Crippen LogP) is 2.31. The molecule has 0 saturated heterocycles. The second-order valence-electron chi connectivity index (χ2n) is 4.91. The van der Waals surface area contributed by atoms with Crippen LogP contribution >= 0.6 is 0 Å². The van der Waals surface area contributed by atoms with E-state index in [0.717, 1.165) is 16.7 Å². The monoisotopic (exact) mass is 268 g/mol. The van der Waals surface area contributed by atoms with E-state index in [1.807, 2.05) is 55.5 Å². The summed E-state index contributed by atoms with van der Waals surface area (Å²) in [6.45, 7) is 3.05. The van der Waals surface area contributed by atoms with Gasteiger partial charge in [-0.05, 0) is 23.6 Å². The Bertz CT molecular complexity index is 576. The smallest absolute Gasteiger partial charge is 0.224 e. The van der Waals surface area contributed by atoms with Crippen molar-refractivity contribution >= 4 is 5.91 Å². The first-order valence-electron chi connectivity index (χ1n) is 6.78. The van der Waals surface area contributed by atoms with E-state index in [9.17, 15) is 4.79 Å². The molecule has 104 valence electrons. The lowest BCUT2D eigenvalue weighted by Gasteiger charge is -2.09. The standard InChI is InChI=1S/C17H20N2O/c1-13-6-8-14(9-7-13)10-17(20)19-12-16-5-3-2-4-15(16)11-18/h2-9H,10-12,18H2,1H3,(H,19,20). The van der Waals surface area contributed by atoms with Gasteiger partial charge in [0.25, 0.3) is 0 Å². The molecule has 0 saturated carbocycles. The van der Waals surface area contributed by atoms with Crippen molar-refractivity contribution in [3.8, 4) is 0 Å². The molecule has 20 heavy (non-hydrogen) atoms. The zero-order valence-corrected chi connectivity index (χ0v) is 11.7. The van der Waals surface area contributed by atoms with Crippen molar-refractivity contribution in [2.75, 3.05) is 0 Å². The van der Waals surface area contributed by atoms with Crippen molar-refractivity contribution in [3.63, 3.8) is 0 Å². The Morgan fingerprint density at radius 1 is 1.05 bits per heavy atom. The third-order valence-electron chi connectivity index (χ3n) is 3.30. The number of rotatable bonds is 5. The van der Waals surface area contributed by atoms with Gasteiger partial charge in [0.1, 0.15) is 0 Å². The number of nitrogens with one attached hydrogen (secondary N) is 1. The molecule has 2 rings (SSSR count). The zero-order valence-electron chi connectivity index (χ0n) is 11.7. The Morgan fingerprint density at radius 3 is 2.35 bits per heavy atom. The molecule has 0 aromatic heterocycles.